The van der Waals surface area contributed by atoms with Crippen LogP contribution in [0.15, 0.2) is 47.8 Å². The third-order valence-corrected chi connectivity index (χ3v) is 4.52. The highest BCUT2D eigenvalue weighted by Crippen LogP contribution is 2.33. The van der Waals surface area contributed by atoms with Crippen molar-refractivity contribution in [2.75, 3.05) is 0 Å². The van der Waals surface area contributed by atoms with E-state index in [-0.39, 0.29) is 6.54 Å². The van der Waals surface area contributed by atoms with Crippen LogP contribution in [0.25, 0.3) is 5.69 Å². The quantitative estimate of drug-likeness (QED) is 0.584. The zero-order valence-electron chi connectivity index (χ0n) is 12.9. The van der Waals surface area contributed by atoms with Crippen LogP contribution in [-0.4, -0.2) is 20.2 Å². The smallest absolute Gasteiger partial charge is 0.315 e. The van der Waals surface area contributed by atoms with Gasteiger partial charge in [0, 0.05) is 39.8 Å². The number of alkyl halides is 3. The van der Waals surface area contributed by atoms with E-state index in [0.29, 0.717) is 27.0 Å². The van der Waals surface area contributed by atoms with E-state index in [1.165, 1.54) is 0 Å². The molecule has 0 aliphatic carbocycles. The zero-order chi connectivity index (χ0) is 18.5. The lowest BCUT2D eigenvalue weighted by atomic mass is 10.1. The summed E-state index contributed by atoms with van der Waals surface area (Å²) >= 11 is 12.4. The molecule has 0 unspecified atom stereocenters. The molecule has 4 rings (SSSR count). The minimum Gasteiger partial charge on any atom is -0.315 e. The molecule has 1 aliphatic heterocycles. The van der Waals surface area contributed by atoms with Crippen molar-refractivity contribution in [3.05, 3.63) is 75.5 Å². The van der Waals surface area contributed by atoms with Crippen LogP contribution >= 0.6 is 23.2 Å². The fourth-order valence-electron chi connectivity index (χ4n) is 2.82. The number of hydrogen-bond acceptors (Lipinski definition) is 3. The Morgan fingerprint density at radius 1 is 1.08 bits per heavy atom. The normalized spacial score (nSPS) is 13.7. The molecule has 0 N–H and O–H groups in total. The fourth-order valence-corrected chi connectivity index (χ4v) is 3.36. The third kappa shape index (κ3) is 2.87. The van der Waals surface area contributed by atoms with Crippen molar-refractivity contribution in [2.45, 2.75) is 12.7 Å². The molecule has 132 valence electrons. The van der Waals surface area contributed by atoms with E-state index < -0.39 is 12.0 Å². The Balaban J connectivity index is 1.85. The maximum Gasteiger partial charge on any atom is 0.451 e. The molecule has 0 spiro atoms. The lowest BCUT2D eigenvalue weighted by Gasteiger charge is -2.12. The van der Waals surface area contributed by atoms with Gasteiger partial charge in [-0.2, -0.15) is 13.2 Å². The molecule has 9 heteroatoms. The van der Waals surface area contributed by atoms with E-state index in [1.807, 2.05) is 10.8 Å². The SMILES string of the molecule is FC(F)(F)c1ncc(C2=NCc3c(Cl)cc(Cl)cc3-n3cccc32)cn1. The van der Waals surface area contributed by atoms with Crippen LogP contribution in [0.3, 0.4) is 0 Å². The summed E-state index contributed by atoms with van der Waals surface area (Å²) in [5, 5.41) is 0.954. The molecule has 3 aromatic rings. The van der Waals surface area contributed by atoms with E-state index in [1.54, 1.807) is 24.3 Å². The first-order valence-corrected chi connectivity index (χ1v) is 8.20. The van der Waals surface area contributed by atoms with Crippen LogP contribution in [0.2, 0.25) is 10.0 Å². The first-order chi connectivity index (χ1) is 12.3. The summed E-state index contributed by atoms with van der Waals surface area (Å²) in [4.78, 5) is 11.4. The predicted molar refractivity (Wildman–Crippen MR) is 92.2 cm³/mol. The average molecular weight is 397 g/mol. The lowest BCUT2D eigenvalue weighted by molar-refractivity contribution is -0.145. The van der Waals surface area contributed by atoms with E-state index in [9.17, 15) is 13.2 Å². The molecule has 0 radical (unpaired) electrons. The molecule has 0 fully saturated rings. The first-order valence-electron chi connectivity index (χ1n) is 7.44. The largest absolute Gasteiger partial charge is 0.451 e. The zero-order valence-corrected chi connectivity index (χ0v) is 14.4. The van der Waals surface area contributed by atoms with Gasteiger partial charge in [0.25, 0.3) is 0 Å². The predicted octanol–water partition coefficient (Wildman–Crippen LogP) is 4.94. The Bertz CT molecular complexity index is 1020. The molecule has 0 bridgehead atoms. The highest BCUT2D eigenvalue weighted by atomic mass is 35.5. The van der Waals surface area contributed by atoms with Crippen molar-refractivity contribution in [3.8, 4) is 5.69 Å². The molecule has 3 heterocycles. The lowest BCUT2D eigenvalue weighted by Crippen LogP contribution is -2.14. The molecule has 1 aromatic carbocycles. The molecule has 0 atom stereocenters. The number of aliphatic imine (C=N–C) groups is 1. The van der Waals surface area contributed by atoms with Gasteiger partial charge in [-0.15, -0.1) is 0 Å². The average Bonchev–Trinajstić information content (AvgIpc) is 2.99. The molecular formula is C17H9Cl2F3N4. The van der Waals surface area contributed by atoms with Gasteiger partial charge >= 0.3 is 6.18 Å². The second kappa shape index (κ2) is 6.10. The van der Waals surface area contributed by atoms with Crippen LogP contribution in [0.5, 0.6) is 0 Å². The Morgan fingerprint density at radius 3 is 2.50 bits per heavy atom. The summed E-state index contributed by atoms with van der Waals surface area (Å²) in [6.45, 7) is 0.253. The number of halogens is 5. The van der Waals surface area contributed by atoms with Crippen molar-refractivity contribution in [2.24, 2.45) is 4.99 Å². The van der Waals surface area contributed by atoms with Gasteiger partial charge < -0.3 is 4.57 Å². The molecule has 2 aromatic heterocycles. The monoisotopic (exact) mass is 396 g/mol. The summed E-state index contributed by atoms with van der Waals surface area (Å²) in [6, 6.07) is 7.01. The highest BCUT2D eigenvalue weighted by Gasteiger charge is 2.34. The van der Waals surface area contributed by atoms with Crippen LogP contribution in [0.4, 0.5) is 13.2 Å². The molecule has 0 amide bonds. The summed E-state index contributed by atoms with van der Waals surface area (Å²) in [6.07, 6.45) is -0.537. The Labute approximate surface area is 155 Å². The maximum atomic E-state index is 12.7. The van der Waals surface area contributed by atoms with E-state index in [4.69, 9.17) is 23.2 Å². The molecule has 0 saturated carbocycles. The number of aromatic nitrogens is 3. The van der Waals surface area contributed by atoms with Gasteiger partial charge in [-0.3, -0.25) is 4.99 Å². The molecular weight excluding hydrogens is 388 g/mol. The van der Waals surface area contributed by atoms with Crippen molar-refractivity contribution in [1.29, 1.82) is 0 Å². The van der Waals surface area contributed by atoms with Crippen molar-refractivity contribution >= 4 is 28.9 Å². The number of fused-ring (bicyclic) bond motifs is 3. The summed E-state index contributed by atoms with van der Waals surface area (Å²) in [7, 11) is 0. The second-order valence-electron chi connectivity index (χ2n) is 5.61. The summed E-state index contributed by atoms with van der Waals surface area (Å²) < 4.78 is 39.9. The molecule has 1 aliphatic rings. The Hall–Kier alpha value is -2.38. The topological polar surface area (TPSA) is 43.1 Å². The van der Waals surface area contributed by atoms with Gasteiger partial charge in [-0.1, -0.05) is 23.2 Å². The van der Waals surface area contributed by atoms with Gasteiger partial charge in [0.15, 0.2) is 0 Å². The first kappa shape index (κ1) is 17.1. The van der Waals surface area contributed by atoms with Gasteiger partial charge in [-0.05, 0) is 24.3 Å². The summed E-state index contributed by atoms with van der Waals surface area (Å²) in [5.41, 5.74) is 3.09. The van der Waals surface area contributed by atoms with E-state index >= 15 is 0 Å². The fraction of sp³-hybridized carbons (Fsp3) is 0.118. The molecule has 4 nitrogen and oxygen atoms in total. The molecule has 0 saturated heterocycles. The second-order valence-corrected chi connectivity index (χ2v) is 6.45. The van der Waals surface area contributed by atoms with Crippen LogP contribution in [-0.2, 0) is 12.7 Å². The van der Waals surface area contributed by atoms with Crippen molar-refractivity contribution < 1.29 is 13.2 Å². The van der Waals surface area contributed by atoms with Gasteiger partial charge in [0.1, 0.15) is 0 Å². The molecule has 26 heavy (non-hydrogen) atoms. The van der Waals surface area contributed by atoms with Crippen LogP contribution in [0.1, 0.15) is 22.6 Å². The minimum absolute atomic E-state index is 0.253. The van der Waals surface area contributed by atoms with E-state index in [0.717, 1.165) is 23.6 Å². The number of hydrogen-bond donors (Lipinski definition) is 0. The number of rotatable bonds is 1. The van der Waals surface area contributed by atoms with Crippen molar-refractivity contribution in [1.82, 2.24) is 14.5 Å². The van der Waals surface area contributed by atoms with Crippen molar-refractivity contribution in [3.63, 3.8) is 0 Å². The maximum absolute atomic E-state index is 12.7. The highest BCUT2D eigenvalue weighted by molar-refractivity contribution is 6.35. The van der Waals surface area contributed by atoms with Crippen LogP contribution in [0, 0.1) is 0 Å². The Morgan fingerprint density at radius 2 is 1.81 bits per heavy atom. The van der Waals surface area contributed by atoms with E-state index in [2.05, 4.69) is 15.0 Å². The minimum atomic E-state index is -4.59. The van der Waals surface area contributed by atoms with Gasteiger partial charge in [0.2, 0.25) is 5.82 Å². The van der Waals surface area contributed by atoms with Gasteiger partial charge in [0.05, 0.1) is 23.6 Å². The summed E-state index contributed by atoms with van der Waals surface area (Å²) in [5.74, 6) is -1.19. The third-order valence-electron chi connectivity index (χ3n) is 3.96. The van der Waals surface area contributed by atoms with Crippen LogP contribution < -0.4 is 0 Å². The van der Waals surface area contributed by atoms with Gasteiger partial charge in [-0.25, -0.2) is 9.97 Å². The Kier molecular flexibility index (Phi) is 4.00. The number of benzene rings is 1. The standard InChI is InChI=1S/C17H9Cl2F3N4/c18-10-4-12(19)11-8-23-15(13-2-1-3-26(13)14(11)5-10)9-6-24-16(25-7-9)17(20,21)22/h1-7H,8H2. The number of nitrogens with zero attached hydrogens (tertiary/aromatic N) is 4.